The first-order chi connectivity index (χ1) is 8.97. The number of carbonyl (C=O) groups excluding carboxylic acids is 1. The summed E-state index contributed by atoms with van der Waals surface area (Å²) in [5, 5.41) is 0. The highest BCUT2D eigenvalue weighted by atomic mass is 19.3. The van der Waals surface area contributed by atoms with Crippen molar-refractivity contribution in [2.75, 3.05) is 13.7 Å². The third-order valence-electron chi connectivity index (χ3n) is 1.85. The van der Waals surface area contributed by atoms with E-state index in [0.717, 1.165) is 0 Å². The van der Waals surface area contributed by atoms with Gasteiger partial charge in [-0.2, -0.15) is 9.97 Å². The molecule has 1 rings (SSSR count). The van der Waals surface area contributed by atoms with Crippen LogP contribution in [0.15, 0.2) is 0 Å². The Morgan fingerprint density at radius 1 is 1.26 bits per heavy atom. The summed E-state index contributed by atoms with van der Waals surface area (Å²) in [4.78, 5) is 18.4. The summed E-state index contributed by atoms with van der Waals surface area (Å²) in [6.07, 6.45) is -2.45. The van der Waals surface area contributed by atoms with E-state index in [9.17, 15) is 13.6 Å². The number of aldehydes is 1. The number of carbonyl (C=O) groups is 1. The lowest BCUT2D eigenvalue weighted by Crippen LogP contribution is -2.14. The molecule has 0 aliphatic carbocycles. The van der Waals surface area contributed by atoms with Crippen LogP contribution in [0.3, 0.4) is 0 Å². The number of halogens is 2. The maximum absolute atomic E-state index is 12.1. The van der Waals surface area contributed by atoms with Gasteiger partial charge in [-0.3, -0.25) is 4.79 Å². The van der Waals surface area contributed by atoms with Crippen molar-refractivity contribution in [2.24, 2.45) is 0 Å². The van der Waals surface area contributed by atoms with Crippen LogP contribution in [-0.2, 0) is 0 Å². The average molecular weight is 276 g/mol. The molecule has 0 aliphatic heterocycles. The van der Waals surface area contributed by atoms with Crippen molar-refractivity contribution in [3.05, 3.63) is 5.56 Å². The Hall–Kier alpha value is -1.99. The first kappa shape index (κ1) is 15.1. The second-order valence-electron chi connectivity index (χ2n) is 3.72. The minimum Gasteiger partial charge on any atom is -0.480 e. The molecule has 0 saturated heterocycles. The van der Waals surface area contributed by atoms with Gasteiger partial charge in [0.15, 0.2) is 12.9 Å². The Balaban J connectivity index is 3.10. The highest BCUT2D eigenvalue weighted by molar-refractivity contribution is 5.81. The van der Waals surface area contributed by atoms with E-state index in [4.69, 9.17) is 9.47 Å². The van der Waals surface area contributed by atoms with Gasteiger partial charge in [0, 0.05) is 0 Å². The van der Waals surface area contributed by atoms with E-state index in [1.807, 2.05) is 0 Å². The van der Waals surface area contributed by atoms with E-state index < -0.39 is 13.0 Å². The Morgan fingerprint density at radius 2 is 1.89 bits per heavy atom. The van der Waals surface area contributed by atoms with Crippen molar-refractivity contribution in [1.29, 1.82) is 0 Å². The minimum absolute atomic E-state index is 0.000553. The van der Waals surface area contributed by atoms with E-state index in [-0.39, 0.29) is 29.4 Å². The van der Waals surface area contributed by atoms with Crippen LogP contribution in [0.4, 0.5) is 8.78 Å². The average Bonchev–Trinajstić information content (AvgIpc) is 2.34. The van der Waals surface area contributed by atoms with Crippen LogP contribution in [0.1, 0.15) is 24.2 Å². The molecule has 0 atom stereocenters. The molecule has 6 nitrogen and oxygen atoms in total. The van der Waals surface area contributed by atoms with Crippen molar-refractivity contribution in [3.8, 4) is 17.8 Å². The molecule has 1 heterocycles. The molecular formula is C11H14F2N2O4. The molecule has 0 aliphatic rings. The molecule has 8 heteroatoms. The fraction of sp³-hybridized carbons (Fsp3) is 0.545. The summed E-state index contributed by atoms with van der Waals surface area (Å²) in [7, 11) is 1.28. The summed E-state index contributed by atoms with van der Waals surface area (Å²) in [6, 6.07) is -0.335. The number of nitrogens with zero attached hydrogens (tertiary/aromatic N) is 2. The van der Waals surface area contributed by atoms with Gasteiger partial charge < -0.3 is 14.2 Å². The van der Waals surface area contributed by atoms with Crippen LogP contribution < -0.4 is 14.2 Å². The Morgan fingerprint density at radius 3 is 2.37 bits per heavy atom. The molecule has 0 radical (unpaired) electrons. The molecule has 0 saturated carbocycles. The molecule has 106 valence electrons. The molecule has 0 N–H and O–H groups in total. The second kappa shape index (κ2) is 6.81. The standard InChI is InChI=1S/C11H14F2N2O4/c1-6(2)19-10-7(4-16)9(17-3)14-11(15-10)18-5-8(12)13/h4,6,8H,5H2,1-3H3. The minimum atomic E-state index is -2.66. The molecule has 0 spiro atoms. The van der Waals surface area contributed by atoms with Crippen molar-refractivity contribution in [3.63, 3.8) is 0 Å². The molecule has 19 heavy (non-hydrogen) atoms. The maximum Gasteiger partial charge on any atom is 0.323 e. The number of rotatable bonds is 7. The summed E-state index contributed by atoms with van der Waals surface area (Å²) >= 11 is 0. The zero-order valence-corrected chi connectivity index (χ0v) is 10.7. The van der Waals surface area contributed by atoms with Gasteiger partial charge in [-0.05, 0) is 13.8 Å². The van der Waals surface area contributed by atoms with Crippen molar-refractivity contribution >= 4 is 6.29 Å². The fourth-order valence-corrected chi connectivity index (χ4v) is 1.18. The van der Waals surface area contributed by atoms with Gasteiger partial charge in [-0.25, -0.2) is 8.78 Å². The topological polar surface area (TPSA) is 70.5 Å². The van der Waals surface area contributed by atoms with Gasteiger partial charge in [0.1, 0.15) is 5.56 Å². The van der Waals surface area contributed by atoms with Gasteiger partial charge in [0.25, 0.3) is 6.43 Å². The molecule has 0 aromatic carbocycles. The van der Waals surface area contributed by atoms with Gasteiger partial charge in [-0.15, -0.1) is 0 Å². The second-order valence-corrected chi connectivity index (χ2v) is 3.72. The Labute approximate surface area is 108 Å². The number of ether oxygens (including phenoxy) is 3. The predicted molar refractivity (Wildman–Crippen MR) is 61.2 cm³/mol. The molecule has 1 aromatic rings. The van der Waals surface area contributed by atoms with Crippen LogP contribution in [0, 0.1) is 0 Å². The van der Waals surface area contributed by atoms with Crippen LogP contribution >= 0.6 is 0 Å². The summed E-state index contributed by atoms with van der Waals surface area (Å²) in [5.74, 6) is -0.161. The Kier molecular flexibility index (Phi) is 5.40. The summed E-state index contributed by atoms with van der Waals surface area (Å²) in [5.41, 5.74) is 0.000553. The number of methoxy groups -OCH3 is 1. The number of hydrogen-bond donors (Lipinski definition) is 0. The molecule has 0 amide bonds. The smallest absolute Gasteiger partial charge is 0.323 e. The predicted octanol–water partition coefficient (Wildman–Crippen LogP) is 1.73. The van der Waals surface area contributed by atoms with E-state index >= 15 is 0 Å². The van der Waals surface area contributed by atoms with Crippen molar-refractivity contribution in [2.45, 2.75) is 26.4 Å². The van der Waals surface area contributed by atoms with E-state index in [0.29, 0.717) is 6.29 Å². The largest absolute Gasteiger partial charge is 0.480 e. The molecule has 0 bridgehead atoms. The van der Waals surface area contributed by atoms with Gasteiger partial charge >= 0.3 is 6.01 Å². The van der Waals surface area contributed by atoms with Crippen LogP contribution in [-0.4, -0.2) is 42.5 Å². The SMILES string of the molecule is COc1nc(OCC(F)F)nc(OC(C)C)c1C=O. The molecular weight excluding hydrogens is 262 g/mol. The fourth-order valence-electron chi connectivity index (χ4n) is 1.18. The lowest BCUT2D eigenvalue weighted by Gasteiger charge is -2.13. The zero-order chi connectivity index (χ0) is 14.4. The first-order valence-corrected chi connectivity index (χ1v) is 5.46. The summed E-state index contributed by atoms with van der Waals surface area (Å²) < 4.78 is 39.0. The lowest BCUT2D eigenvalue weighted by atomic mass is 10.3. The Bertz CT molecular complexity index is 441. The van der Waals surface area contributed by atoms with E-state index in [2.05, 4.69) is 14.7 Å². The lowest BCUT2D eigenvalue weighted by molar-refractivity contribution is 0.0755. The summed E-state index contributed by atoms with van der Waals surface area (Å²) in [6.45, 7) is 2.59. The number of alkyl halides is 2. The first-order valence-electron chi connectivity index (χ1n) is 5.46. The van der Waals surface area contributed by atoms with Gasteiger partial charge in [0.2, 0.25) is 11.8 Å². The number of hydrogen-bond acceptors (Lipinski definition) is 6. The quantitative estimate of drug-likeness (QED) is 0.706. The van der Waals surface area contributed by atoms with Crippen LogP contribution in [0.25, 0.3) is 0 Å². The molecule has 1 aromatic heterocycles. The van der Waals surface area contributed by atoms with Crippen LogP contribution in [0.2, 0.25) is 0 Å². The highest BCUT2D eigenvalue weighted by Crippen LogP contribution is 2.26. The van der Waals surface area contributed by atoms with Gasteiger partial charge in [0.05, 0.1) is 13.2 Å². The monoisotopic (exact) mass is 276 g/mol. The van der Waals surface area contributed by atoms with Crippen LogP contribution in [0.5, 0.6) is 17.8 Å². The van der Waals surface area contributed by atoms with Gasteiger partial charge in [-0.1, -0.05) is 0 Å². The number of aromatic nitrogens is 2. The third-order valence-corrected chi connectivity index (χ3v) is 1.85. The van der Waals surface area contributed by atoms with E-state index in [1.54, 1.807) is 13.8 Å². The normalized spacial score (nSPS) is 10.7. The van der Waals surface area contributed by atoms with Crippen molar-refractivity contribution < 1.29 is 27.8 Å². The van der Waals surface area contributed by atoms with E-state index in [1.165, 1.54) is 7.11 Å². The van der Waals surface area contributed by atoms with Crippen molar-refractivity contribution in [1.82, 2.24) is 9.97 Å². The maximum atomic E-state index is 12.1. The third kappa shape index (κ3) is 4.31. The molecule has 0 fully saturated rings. The zero-order valence-electron chi connectivity index (χ0n) is 10.7. The highest BCUT2D eigenvalue weighted by Gasteiger charge is 2.18. The molecule has 0 unspecified atom stereocenters.